The number of carbonyl (C=O) groups excluding carboxylic acids is 1. The summed E-state index contributed by atoms with van der Waals surface area (Å²) < 4.78 is 0. The van der Waals surface area contributed by atoms with E-state index in [1.807, 2.05) is 23.2 Å². The number of urea groups is 1. The summed E-state index contributed by atoms with van der Waals surface area (Å²) in [5.74, 6) is 0. The molecule has 1 N–H and O–H groups in total. The number of likely N-dealkylation sites (tertiary alicyclic amines) is 1. The van der Waals surface area contributed by atoms with Gasteiger partial charge in [0, 0.05) is 45.0 Å². The van der Waals surface area contributed by atoms with E-state index in [-0.39, 0.29) is 6.03 Å². The van der Waals surface area contributed by atoms with Gasteiger partial charge in [-0.15, -0.1) is 0 Å². The first-order valence-electron chi connectivity index (χ1n) is 7.49. The summed E-state index contributed by atoms with van der Waals surface area (Å²) in [6.07, 6.45) is 5.06. The summed E-state index contributed by atoms with van der Waals surface area (Å²) >= 11 is 0. The molecule has 0 saturated carbocycles. The number of hydrogen-bond acceptors (Lipinski definition) is 3. The molecule has 0 aliphatic carbocycles. The summed E-state index contributed by atoms with van der Waals surface area (Å²) in [6, 6.07) is 6.59. The molecule has 1 aromatic heterocycles. The first-order chi connectivity index (χ1) is 9.83. The van der Waals surface area contributed by atoms with E-state index in [4.69, 9.17) is 0 Å². The van der Waals surface area contributed by atoms with Crippen LogP contribution in [0, 0.1) is 0 Å². The van der Waals surface area contributed by atoms with Gasteiger partial charge in [0.15, 0.2) is 0 Å². The molecule has 2 amide bonds. The molecule has 2 fully saturated rings. The fourth-order valence-electron chi connectivity index (χ4n) is 3.11. The molecule has 2 aliphatic rings. The van der Waals surface area contributed by atoms with Crippen molar-refractivity contribution in [2.45, 2.75) is 31.8 Å². The van der Waals surface area contributed by atoms with Gasteiger partial charge in [-0.3, -0.25) is 9.88 Å². The van der Waals surface area contributed by atoms with E-state index in [9.17, 15) is 4.79 Å². The highest BCUT2D eigenvalue weighted by Crippen LogP contribution is 2.19. The highest BCUT2D eigenvalue weighted by molar-refractivity contribution is 5.75. The second-order valence-corrected chi connectivity index (χ2v) is 5.61. The van der Waals surface area contributed by atoms with Crippen LogP contribution >= 0.6 is 0 Å². The van der Waals surface area contributed by atoms with Crippen LogP contribution in [-0.2, 0) is 6.54 Å². The Morgan fingerprint density at radius 2 is 2.10 bits per heavy atom. The topological polar surface area (TPSA) is 48.5 Å². The zero-order valence-corrected chi connectivity index (χ0v) is 11.8. The van der Waals surface area contributed by atoms with Gasteiger partial charge in [-0.2, -0.15) is 0 Å². The predicted molar refractivity (Wildman–Crippen MR) is 77.3 cm³/mol. The van der Waals surface area contributed by atoms with Crippen molar-refractivity contribution in [3.63, 3.8) is 0 Å². The summed E-state index contributed by atoms with van der Waals surface area (Å²) in [5, 5.41) is 2.94. The fraction of sp³-hybridized carbons (Fsp3) is 0.600. The smallest absolute Gasteiger partial charge is 0.317 e. The van der Waals surface area contributed by atoms with Gasteiger partial charge in [-0.25, -0.2) is 4.79 Å². The molecular formula is C15H22N4O. The lowest BCUT2D eigenvalue weighted by atomic mass is 10.0. The molecule has 5 nitrogen and oxygen atoms in total. The molecule has 0 spiro atoms. The van der Waals surface area contributed by atoms with Crippen LogP contribution in [0.3, 0.4) is 0 Å². The van der Waals surface area contributed by atoms with E-state index in [1.54, 1.807) is 0 Å². The molecule has 5 heteroatoms. The van der Waals surface area contributed by atoms with E-state index in [1.165, 1.54) is 0 Å². The standard InChI is InChI=1S/C15H22N4O/c20-15-17-8-3-9-19(15)14-5-10-18(11-6-14)12-13-4-1-2-7-16-13/h1-2,4,7,14H,3,5-6,8-12H2,(H,17,20). The third kappa shape index (κ3) is 3.10. The molecule has 1 aromatic rings. The Kier molecular flexibility index (Phi) is 4.16. The molecule has 2 saturated heterocycles. The molecule has 108 valence electrons. The van der Waals surface area contributed by atoms with Crippen LogP contribution in [0.4, 0.5) is 4.79 Å². The van der Waals surface area contributed by atoms with E-state index >= 15 is 0 Å². The summed E-state index contributed by atoms with van der Waals surface area (Å²) in [5.41, 5.74) is 1.13. The molecule has 3 heterocycles. The second-order valence-electron chi connectivity index (χ2n) is 5.61. The number of piperidine rings is 1. The summed E-state index contributed by atoms with van der Waals surface area (Å²) in [6.45, 7) is 4.75. The number of nitrogens with one attached hydrogen (secondary N) is 1. The number of hydrogen-bond donors (Lipinski definition) is 1. The van der Waals surface area contributed by atoms with Gasteiger partial charge >= 0.3 is 6.03 Å². The van der Waals surface area contributed by atoms with Crippen molar-refractivity contribution < 1.29 is 4.79 Å². The minimum atomic E-state index is 0.124. The van der Waals surface area contributed by atoms with Gasteiger partial charge < -0.3 is 10.2 Å². The number of amides is 2. The Morgan fingerprint density at radius 3 is 2.80 bits per heavy atom. The Bertz CT molecular complexity index is 442. The van der Waals surface area contributed by atoms with Crippen molar-refractivity contribution in [2.24, 2.45) is 0 Å². The number of aromatic nitrogens is 1. The third-order valence-corrected chi connectivity index (χ3v) is 4.22. The Hall–Kier alpha value is -1.62. The average Bonchev–Trinajstić information content (AvgIpc) is 2.50. The largest absolute Gasteiger partial charge is 0.338 e. The number of nitrogens with zero attached hydrogens (tertiary/aromatic N) is 3. The molecule has 20 heavy (non-hydrogen) atoms. The normalized spacial score (nSPS) is 21.8. The van der Waals surface area contributed by atoms with E-state index < -0.39 is 0 Å². The number of rotatable bonds is 3. The van der Waals surface area contributed by atoms with Crippen molar-refractivity contribution in [1.82, 2.24) is 20.1 Å². The lowest BCUT2D eigenvalue weighted by Gasteiger charge is -2.40. The van der Waals surface area contributed by atoms with Crippen molar-refractivity contribution in [1.29, 1.82) is 0 Å². The van der Waals surface area contributed by atoms with Crippen LogP contribution in [0.2, 0.25) is 0 Å². The van der Waals surface area contributed by atoms with E-state index in [0.717, 1.165) is 57.7 Å². The van der Waals surface area contributed by atoms with Crippen LogP contribution in [0.25, 0.3) is 0 Å². The van der Waals surface area contributed by atoms with Crippen molar-refractivity contribution in [3.8, 4) is 0 Å². The first-order valence-corrected chi connectivity index (χ1v) is 7.49. The van der Waals surface area contributed by atoms with Crippen LogP contribution in [0.1, 0.15) is 25.0 Å². The first kappa shape index (κ1) is 13.4. The quantitative estimate of drug-likeness (QED) is 0.908. The van der Waals surface area contributed by atoms with Gasteiger partial charge in [0.2, 0.25) is 0 Å². The molecular weight excluding hydrogens is 252 g/mol. The zero-order valence-electron chi connectivity index (χ0n) is 11.8. The molecule has 3 rings (SSSR count). The van der Waals surface area contributed by atoms with Gasteiger partial charge in [-0.05, 0) is 31.4 Å². The van der Waals surface area contributed by atoms with Gasteiger partial charge in [-0.1, -0.05) is 6.07 Å². The van der Waals surface area contributed by atoms with Crippen LogP contribution in [-0.4, -0.2) is 53.0 Å². The Labute approximate surface area is 120 Å². The van der Waals surface area contributed by atoms with Gasteiger partial charge in [0.1, 0.15) is 0 Å². The monoisotopic (exact) mass is 274 g/mol. The lowest BCUT2D eigenvalue weighted by molar-refractivity contribution is 0.108. The van der Waals surface area contributed by atoms with Crippen LogP contribution < -0.4 is 5.32 Å². The molecule has 0 bridgehead atoms. The highest BCUT2D eigenvalue weighted by atomic mass is 16.2. The molecule has 0 aromatic carbocycles. The maximum atomic E-state index is 11.9. The minimum absolute atomic E-state index is 0.124. The Balaban J connectivity index is 1.50. The molecule has 0 unspecified atom stereocenters. The van der Waals surface area contributed by atoms with Gasteiger partial charge in [0.25, 0.3) is 0 Å². The van der Waals surface area contributed by atoms with E-state index in [2.05, 4.69) is 21.3 Å². The molecule has 2 aliphatic heterocycles. The maximum Gasteiger partial charge on any atom is 0.317 e. The van der Waals surface area contributed by atoms with Crippen molar-refractivity contribution in [3.05, 3.63) is 30.1 Å². The average molecular weight is 274 g/mol. The van der Waals surface area contributed by atoms with Crippen molar-refractivity contribution >= 4 is 6.03 Å². The van der Waals surface area contributed by atoms with Crippen molar-refractivity contribution in [2.75, 3.05) is 26.2 Å². The fourth-order valence-corrected chi connectivity index (χ4v) is 3.11. The summed E-state index contributed by atoms with van der Waals surface area (Å²) in [7, 11) is 0. The summed E-state index contributed by atoms with van der Waals surface area (Å²) in [4.78, 5) is 20.7. The second kappa shape index (κ2) is 6.22. The van der Waals surface area contributed by atoms with Crippen LogP contribution in [0.5, 0.6) is 0 Å². The number of pyridine rings is 1. The SMILES string of the molecule is O=C1NCCCN1C1CCN(Cc2ccccn2)CC1. The minimum Gasteiger partial charge on any atom is -0.338 e. The number of carbonyl (C=O) groups is 1. The van der Waals surface area contributed by atoms with Gasteiger partial charge in [0.05, 0.1) is 5.69 Å². The predicted octanol–water partition coefficient (Wildman–Crippen LogP) is 1.46. The maximum absolute atomic E-state index is 11.9. The zero-order chi connectivity index (χ0) is 13.8. The highest BCUT2D eigenvalue weighted by Gasteiger charge is 2.29. The Morgan fingerprint density at radius 1 is 1.25 bits per heavy atom. The van der Waals surface area contributed by atoms with E-state index in [0.29, 0.717) is 6.04 Å². The lowest BCUT2D eigenvalue weighted by Crippen LogP contribution is -2.54. The molecule has 0 radical (unpaired) electrons. The third-order valence-electron chi connectivity index (χ3n) is 4.22. The van der Waals surface area contributed by atoms with Crippen LogP contribution in [0.15, 0.2) is 24.4 Å². The molecule has 0 atom stereocenters.